The smallest absolute Gasteiger partial charge is 0.127 e. The quantitative estimate of drug-likeness (QED) is 0.493. The highest BCUT2D eigenvalue weighted by atomic mass is 16.5. The van der Waals surface area contributed by atoms with E-state index in [1.165, 1.54) is 0 Å². The van der Waals surface area contributed by atoms with E-state index in [2.05, 4.69) is 4.98 Å². The highest BCUT2D eigenvalue weighted by molar-refractivity contribution is 5.88. The SMILES string of the molecule is OCCCc1nc2ccccc2n1C[C@@H](O)COc1cccc2ccccc12. The van der Waals surface area contributed by atoms with Gasteiger partial charge in [-0.2, -0.15) is 0 Å². The lowest BCUT2D eigenvalue weighted by atomic mass is 10.1. The van der Waals surface area contributed by atoms with Crippen LogP contribution in [-0.2, 0) is 13.0 Å². The third-order valence-electron chi connectivity index (χ3n) is 4.87. The Morgan fingerprint density at radius 1 is 0.964 bits per heavy atom. The molecule has 0 unspecified atom stereocenters. The van der Waals surface area contributed by atoms with Gasteiger partial charge in [0.25, 0.3) is 0 Å². The number of aryl methyl sites for hydroxylation is 1. The van der Waals surface area contributed by atoms with Gasteiger partial charge in [0.15, 0.2) is 0 Å². The van der Waals surface area contributed by atoms with E-state index in [1.807, 2.05) is 71.3 Å². The first-order valence-corrected chi connectivity index (χ1v) is 9.60. The van der Waals surface area contributed by atoms with Crippen molar-refractivity contribution >= 4 is 21.8 Å². The summed E-state index contributed by atoms with van der Waals surface area (Å²) in [6.45, 7) is 0.710. The molecule has 0 amide bonds. The second-order valence-electron chi connectivity index (χ2n) is 6.90. The number of rotatable bonds is 8. The molecule has 1 aromatic heterocycles. The van der Waals surface area contributed by atoms with Crippen LogP contribution in [0.3, 0.4) is 0 Å². The summed E-state index contributed by atoms with van der Waals surface area (Å²) in [6.07, 6.45) is 0.637. The predicted octanol–water partition coefficient (Wildman–Crippen LogP) is 3.55. The zero-order valence-electron chi connectivity index (χ0n) is 15.7. The van der Waals surface area contributed by atoms with Crippen molar-refractivity contribution in [1.29, 1.82) is 0 Å². The molecule has 0 fully saturated rings. The van der Waals surface area contributed by atoms with E-state index in [4.69, 9.17) is 9.84 Å². The number of ether oxygens (including phenoxy) is 1. The van der Waals surface area contributed by atoms with Gasteiger partial charge in [-0.1, -0.05) is 48.5 Å². The molecule has 5 nitrogen and oxygen atoms in total. The van der Waals surface area contributed by atoms with Gasteiger partial charge in [0.1, 0.15) is 24.3 Å². The van der Waals surface area contributed by atoms with Crippen LogP contribution in [0.2, 0.25) is 0 Å². The number of imidazole rings is 1. The van der Waals surface area contributed by atoms with Crippen molar-refractivity contribution in [2.24, 2.45) is 0 Å². The second-order valence-corrected chi connectivity index (χ2v) is 6.90. The van der Waals surface area contributed by atoms with E-state index in [0.29, 0.717) is 19.4 Å². The van der Waals surface area contributed by atoms with E-state index < -0.39 is 6.10 Å². The number of fused-ring (bicyclic) bond motifs is 2. The summed E-state index contributed by atoms with van der Waals surface area (Å²) in [5.74, 6) is 1.65. The van der Waals surface area contributed by atoms with Gasteiger partial charge < -0.3 is 19.5 Å². The van der Waals surface area contributed by atoms with Crippen LogP contribution in [0.4, 0.5) is 0 Å². The summed E-state index contributed by atoms with van der Waals surface area (Å²) in [5.41, 5.74) is 1.89. The van der Waals surface area contributed by atoms with Crippen molar-refractivity contribution < 1.29 is 14.9 Å². The summed E-state index contributed by atoms with van der Waals surface area (Å²) in [4.78, 5) is 4.66. The molecule has 0 aliphatic carbocycles. The molecular formula is C23H24N2O3. The fourth-order valence-corrected chi connectivity index (χ4v) is 3.53. The number of aromatic nitrogens is 2. The summed E-state index contributed by atoms with van der Waals surface area (Å²) >= 11 is 0. The topological polar surface area (TPSA) is 67.5 Å². The molecule has 0 aliphatic heterocycles. The zero-order chi connectivity index (χ0) is 19.3. The Hall–Kier alpha value is -2.89. The van der Waals surface area contributed by atoms with Crippen molar-refractivity contribution in [1.82, 2.24) is 9.55 Å². The summed E-state index contributed by atoms with van der Waals surface area (Å²) in [5, 5.41) is 22.0. The van der Waals surface area contributed by atoms with Crippen molar-refractivity contribution in [3.8, 4) is 5.75 Å². The van der Waals surface area contributed by atoms with Gasteiger partial charge in [0.2, 0.25) is 0 Å². The Morgan fingerprint density at radius 2 is 1.75 bits per heavy atom. The Balaban J connectivity index is 1.51. The zero-order valence-corrected chi connectivity index (χ0v) is 15.7. The Kier molecular flexibility index (Phi) is 5.55. The molecule has 0 saturated heterocycles. The third-order valence-corrected chi connectivity index (χ3v) is 4.87. The fraction of sp³-hybridized carbons (Fsp3) is 0.261. The number of para-hydroxylation sites is 2. The van der Waals surface area contributed by atoms with Gasteiger partial charge in [-0.15, -0.1) is 0 Å². The van der Waals surface area contributed by atoms with Crippen LogP contribution in [0, 0.1) is 0 Å². The van der Waals surface area contributed by atoms with Crippen molar-refractivity contribution in [2.75, 3.05) is 13.2 Å². The van der Waals surface area contributed by atoms with Gasteiger partial charge in [-0.25, -0.2) is 4.98 Å². The van der Waals surface area contributed by atoms with Gasteiger partial charge in [-0.3, -0.25) is 0 Å². The lowest BCUT2D eigenvalue weighted by Crippen LogP contribution is -2.24. The molecule has 0 radical (unpaired) electrons. The van der Waals surface area contributed by atoms with Crippen LogP contribution in [-0.4, -0.2) is 39.1 Å². The Bertz CT molecular complexity index is 1070. The minimum absolute atomic E-state index is 0.121. The average Bonchev–Trinajstić information content (AvgIpc) is 3.08. The molecule has 1 atom stereocenters. The van der Waals surface area contributed by atoms with E-state index in [1.54, 1.807) is 0 Å². The monoisotopic (exact) mass is 376 g/mol. The van der Waals surface area contributed by atoms with Crippen molar-refractivity contribution in [3.63, 3.8) is 0 Å². The van der Waals surface area contributed by atoms with Crippen LogP contribution in [0.15, 0.2) is 66.7 Å². The molecular weight excluding hydrogens is 352 g/mol. The van der Waals surface area contributed by atoms with Crippen LogP contribution in [0.1, 0.15) is 12.2 Å². The fourth-order valence-electron chi connectivity index (χ4n) is 3.53. The third kappa shape index (κ3) is 3.86. The number of nitrogens with zero attached hydrogens (tertiary/aromatic N) is 2. The van der Waals surface area contributed by atoms with Gasteiger partial charge in [0.05, 0.1) is 17.6 Å². The average molecular weight is 376 g/mol. The van der Waals surface area contributed by atoms with E-state index >= 15 is 0 Å². The number of hydrogen-bond acceptors (Lipinski definition) is 4. The maximum Gasteiger partial charge on any atom is 0.127 e. The minimum atomic E-state index is -0.676. The highest BCUT2D eigenvalue weighted by Gasteiger charge is 2.15. The maximum atomic E-state index is 10.6. The molecule has 4 aromatic rings. The number of hydrogen-bond donors (Lipinski definition) is 2. The Labute approximate surface area is 163 Å². The molecule has 1 heterocycles. The first-order valence-electron chi connectivity index (χ1n) is 9.60. The maximum absolute atomic E-state index is 10.6. The lowest BCUT2D eigenvalue weighted by Gasteiger charge is -2.16. The van der Waals surface area contributed by atoms with E-state index in [9.17, 15) is 5.11 Å². The van der Waals surface area contributed by atoms with Gasteiger partial charge in [-0.05, 0) is 30.0 Å². The molecule has 4 rings (SSSR count). The molecule has 3 aromatic carbocycles. The van der Waals surface area contributed by atoms with Crippen LogP contribution >= 0.6 is 0 Å². The molecule has 5 heteroatoms. The normalized spacial score (nSPS) is 12.5. The second kappa shape index (κ2) is 8.42. The van der Waals surface area contributed by atoms with Crippen LogP contribution < -0.4 is 4.74 Å². The molecule has 0 spiro atoms. The largest absolute Gasteiger partial charge is 0.490 e. The van der Waals surface area contributed by atoms with E-state index in [-0.39, 0.29) is 13.2 Å². The number of benzene rings is 3. The summed E-state index contributed by atoms with van der Waals surface area (Å²) in [6, 6.07) is 21.9. The summed E-state index contributed by atoms with van der Waals surface area (Å²) < 4.78 is 7.97. The van der Waals surface area contributed by atoms with E-state index in [0.717, 1.165) is 33.4 Å². The standard InChI is InChI=1S/C23H24N2O3/c26-14-6-13-23-24-20-10-3-4-11-21(20)25(23)15-18(27)16-28-22-12-5-8-17-7-1-2-9-19(17)22/h1-5,7-12,18,26-27H,6,13-16H2/t18-/m1/s1. The van der Waals surface area contributed by atoms with Gasteiger partial charge >= 0.3 is 0 Å². The lowest BCUT2D eigenvalue weighted by molar-refractivity contribution is 0.0934. The number of aliphatic hydroxyl groups is 2. The molecule has 28 heavy (non-hydrogen) atoms. The number of aliphatic hydroxyl groups excluding tert-OH is 2. The predicted molar refractivity (Wildman–Crippen MR) is 111 cm³/mol. The summed E-state index contributed by atoms with van der Waals surface area (Å²) in [7, 11) is 0. The van der Waals surface area contributed by atoms with Crippen molar-refractivity contribution in [3.05, 3.63) is 72.6 Å². The molecule has 0 aliphatic rings. The molecule has 2 N–H and O–H groups in total. The van der Waals surface area contributed by atoms with Crippen LogP contribution in [0.5, 0.6) is 5.75 Å². The molecule has 0 saturated carbocycles. The first-order chi connectivity index (χ1) is 13.8. The van der Waals surface area contributed by atoms with Gasteiger partial charge in [0, 0.05) is 18.4 Å². The first kappa shape index (κ1) is 18.5. The molecule has 0 bridgehead atoms. The van der Waals surface area contributed by atoms with Crippen molar-refractivity contribution in [2.45, 2.75) is 25.5 Å². The van der Waals surface area contributed by atoms with Crippen LogP contribution in [0.25, 0.3) is 21.8 Å². The Morgan fingerprint density at radius 3 is 2.64 bits per heavy atom. The minimum Gasteiger partial charge on any atom is -0.490 e. The highest BCUT2D eigenvalue weighted by Crippen LogP contribution is 2.25. The molecule has 144 valence electrons.